The van der Waals surface area contributed by atoms with E-state index in [9.17, 15) is 4.79 Å². The average Bonchev–Trinajstić information content (AvgIpc) is 2.37. The van der Waals surface area contributed by atoms with Gasteiger partial charge in [-0.15, -0.1) is 0 Å². The number of nitrogens with zero attached hydrogens (tertiary/aromatic N) is 2. The van der Waals surface area contributed by atoms with E-state index in [1.165, 1.54) is 5.71 Å². The SMILES string of the molecule is CCCCC(/N=C1/CCN(C)CC1C)C(=O)OCC. The second-order valence-corrected chi connectivity index (χ2v) is 5.44. The molecule has 0 aromatic rings. The molecule has 0 aromatic heterocycles. The van der Waals surface area contributed by atoms with Crippen LogP contribution < -0.4 is 0 Å². The van der Waals surface area contributed by atoms with Crippen molar-refractivity contribution in [2.75, 3.05) is 26.7 Å². The molecule has 2 unspecified atom stereocenters. The van der Waals surface area contributed by atoms with Gasteiger partial charge >= 0.3 is 5.97 Å². The predicted octanol–water partition coefficient (Wildman–Crippen LogP) is 2.52. The van der Waals surface area contributed by atoms with Crippen LogP contribution in [0, 0.1) is 5.92 Å². The van der Waals surface area contributed by atoms with Crippen LogP contribution >= 0.6 is 0 Å². The first-order valence-corrected chi connectivity index (χ1v) is 7.50. The van der Waals surface area contributed by atoms with Crippen LogP contribution in [-0.4, -0.2) is 49.4 Å². The third-order valence-electron chi connectivity index (χ3n) is 3.62. The summed E-state index contributed by atoms with van der Waals surface area (Å²) in [6, 6.07) is -0.291. The van der Waals surface area contributed by atoms with Crippen LogP contribution in [0.25, 0.3) is 0 Å². The summed E-state index contributed by atoms with van der Waals surface area (Å²) in [5.41, 5.74) is 1.19. The van der Waals surface area contributed by atoms with E-state index in [4.69, 9.17) is 9.73 Å². The van der Waals surface area contributed by atoms with Gasteiger partial charge < -0.3 is 9.64 Å². The molecule has 2 atom stereocenters. The minimum absolute atomic E-state index is 0.158. The number of hydrogen-bond acceptors (Lipinski definition) is 4. The summed E-state index contributed by atoms with van der Waals surface area (Å²) in [6.45, 7) is 8.67. The summed E-state index contributed by atoms with van der Waals surface area (Å²) in [6.07, 6.45) is 3.88. The Labute approximate surface area is 117 Å². The summed E-state index contributed by atoms with van der Waals surface area (Å²) in [4.78, 5) is 19.0. The molecule has 1 heterocycles. The van der Waals surface area contributed by atoms with Crippen LogP contribution in [-0.2, 0) is 9.53 Å². The van der Waals surface area contributed by atoms with E-state index in [0.717, 1.165) is 38.8 Å². The van der Waals surface area contributed by atoms with Crippen LogP contribution in [0.2, 0.25) is 0 Å². The lowest BCUT2D eigenvalue weighted by Crippen LogP contribution is -2.38. The lowest BCUT2D eigenvalue weighted by molar-refractivity contribution is -0.144. The van der Waals surface area contributed by atoms with Gasteiger partial charge in [0.25, 0.3) is 0 Å². The molecule has 19 heavy (non-hydrogen) atoms. The van der Waals surface area contributed by atoms with Crippen LogP contribution in [0.15, 0.2) is 4.99 Å². The van der Waals surface area contributed by atoms with E-state index in [0.29, 0.717) is 12.5 Å². The molecular formula is C15H28N2O2. The number of piperidine rings is 1. The summed E-state index contributed by atoms with van der Waals surface area (Å²) in [5.74, 6) is 0.284. The molecule has 1 rings (SSSR count). The second-order valence-electron chi connectivity index (χ2n) is 5.44. The number of hydrogen-bond donors (Lipinski definition) is 0. The molecule has 4 nitrogen and oxygen atoms in total. The van der Waals surface area contributed by atoms with Gasteiger partial charge in [-0.1, -0.05) is 26.7 Å². The number of ether oxygens (including phenoxy) is 1. The Hall–Kier alpha value is -0.900. The van der Waals surface area contributed by atoms with Crippen LogP contribution in [0.1, 0.15) is 46.5 Å². The first-order chi connectivity index (χ1) is 9.08. The van der Waals surface area contributed by atoms with Gasteiger partial charge in [-0.05, 0) is 26.8 Å². The van der Waals surface area contributed by atoms with Gasteiger partial charge in [-0.25, -0.2) is 4.79 Å². The molecule has 0 bridgehead atoms. The van der Waals surface area contributed by atoms with Gasteiger partial charge in [0.1, 0.15) is 6.04 Å². The summed E-state index contributed by atoms with van der Waals surface area (Å²) >= 11 is 0. The lowest BCUT2D eigenvalue weighted by Gasteiger charge is -2.29. The Morgan fingerprint density at radius 1 is 1.53 bits per heavy atom. The van der Waals surface area contributed by atoms with E-state index in [1.54, 1.807) is 0 Å². The standard InChI is InChI=1S/C15H28N2O2/c1-5-7-8-14(15(18)19-6-2)16-13-9-10-17(4)11-12(13)3/h12,14H,5-11H2,1-4H3/b16-13-. The fraction of sp³-hybridized carbons (Fsp3) is 0.867. The van der Waals surface area contributed by atoms with Crippen molar-refractivity contribution in [3.63, 3.8) is 0 Å². The largest absolute Gasteiger partial charge is 0.464 e. The highest BCUT2D eigenvalue weighted by molar-refractivity contribution is 5.90. The zero-order chi connectivity index (χ0) is 14.3. The smallest absolute Gasteiger partial charge is 0.330 e. The summed E-state index contributed by atoms with van der Waals surface area (Å²) in [5, 5.41) is 0. The van der Waals surface area contributed by atoms with Crippen molar-refractivity contribution in [2.45, 2.75) is 52.5 Å². The maximum absolute atomic E-state index is 12.0. The van der Waals surface area contributed by atoms with E-state index >= 15 is 0 Å². The van der Waals surface area contributed by atoms with E-state index in [2.05, 4.69) is 25.8 Å². The van der Waals surface area contributed by atoms with Crippen LogP contribution in [0.5, 0.6) is 0 Å². The Morgan fingerprint density at radius 2 is 2.26 bits per heavy atom. The molecule has 0 spiro atoms. The normalized spacial score (nSPS) is 24.4. The van der Waals surface area contributed by atoms with E-state index in [-0.39, 0.29) is 12.0 Å². The summed E-state index contributed by atoms with van der Waals surface area (Å²) in [7, 11) is 2.13. The highest BCUT2D eigenvalue weighted by Crippen LogP contribution is 2.16. The quantitative estimate of drug-likeness (QED) is 0.695. The number of aliphatic imine (C=N–C) groups is 1. The molecule has 1 aliphatic rings. The van der Waals surface area contributed by atoms with Gasteiger partial charge in [-0.3, -0.25) is 4.99 Å². The Balaban J connectivity index is 2.71. The van der Waals surface area contributed by atoms with Gasteiger partial charge in [0.15, 0.2) is 0 Å². The highest BCUT2D eigenvalue weighted by Gasteiger charge is 2.24. The Bertz CT molecular complexity index is 315. The number of rotatable bonds is 6. The molecule has 0 saturated carbocycles. The number of carbonyl (C=O) groups excluding carboxylic acids is 1. The van der Waals surface area contributed by atoms with Crippen molar-refractivity contribution in [2.24, 2.45) is 10.9 Å². The Morgan fingerprint density at radius 3 is 2.84 bits per heavy atom. The molecule has 0 aromatic carbocycles. The van der Waals surface area contributed by atoms with Crippen molar-refractivity contribution in [3.8, 4) is 0 Å². The fourth-order valence-corrected chi connectivity index (χ4v) is 2.48. The molecule has 1 saturated heterocycles. The molecule has 0 amide bonds. The monoisotopic (exact) mass is 268 g/mol. The maximum atomic E-state index is 12.0. The van der Waals surface area contributed by atoms with Crippen molar-refractivity contribution >= 4 is 11.7 Å². The van der Waals surface area contributed by atoms with Crippen molar-refractivity contribution < 1.29 is 9.53 Å². The third kappa shape index (κ3) is 5.31. The van der Waals surface area contributed by atoms with Gasteiger partial charge in [0.2, 0.25) is 0 Å². The minimum atomic E-state index is -0.291. The first-order valence-electron chi connectivity index (χ1n) is 7.50. The number of unbranched alkanes of at least 4 members (excludes halogenated alkanes) is 1. The molecular weight excluding hydrogens is 240 g/mol. The number of likely N-dealkylation sites (tertiary alicyclic amines) is 1. The minimum Gasteiger partial charge on any atom is -0.464 e. The lowest BCUT2D eigenvalue weighted by atomic mass is 9.97. The first kappa shape index (κ1) is 16.2. The molecule has 110 valence electrons. The zero-order valence-corrected chi connectivity index (χ0v) is 12.8. The van der Waals surface area contributed by atoms with E-state index < -0.39 is 0 Å². The topological polar surface area (TPSA) is 41.9 Å². The van der Waals surface area contributed by atoms with Crippen molar-refractivity contribution in [1.82, 2.24) is 4.90 Å². The zero-order valence-electron chi connectivity index (χ0n) is 12.8. The number of carbonyl (C=O) groups is 1. The summed E-state index contributed by atoms with van der Waals surface area (Å²) < 4.78 is 5.14. The molecule has 0 N–H and O–H groups in total. The molecule has 1 aliphatic heterocycles. The third-order valence-corrected chi connectivity index (χ3v) is 3.62. The average molecular weight is 268 g/mol. The van der Waals surface area contributed by atoms with Crippen molar-refractivity contribution in [3.05, 3.63) is 0 Å². The highest BCUT2D eigenvalue weighted by atomic mass is 16.5. The molecule has 0 radical (unpaired) electrons. The predicted molar refractivity (Wildman–Crippen MR) is 78.7 cm³/mol. The maximum Gasteiger partial charge on any atom is 0.330 e. The van der Waals surface area contributed by atoms with Crippen LogP contribution in [0.4, 0.5) is 0 Å². The van der Waals surface area contributed by atoms with Gasteiger partial charge in [0, 0.05) is 24.7 Å². The molecule has 4 heteroatoms. The molecule has 0 aliphatic carbocycles. The van der Waals surface area contributed by atoms with Crippen molar-refractivity contribution in [1.29, 1.82) is 0 Å². The number of esters is 1. The Kier molecular flexibility index (Phi) is 7.06. The fourth-order valence-electron chi connectivity index (χ4n) is 2.48. The second kappa shape index (κ2) is 8.31. The molecule has 1 fully saturated rings. The van der Waals surface area contributed by atoms with Gasteiger partial charge in [-0.2, -0.15) is 0 Å². The van der Waals surface area contributed by atoms with Crippen LogP contribution in [0.3, 0.4) is 0 Å². The van der Waals surface area contributed by atoms with E-state index in [1.807, 2.05) is 6.92 Å². The van der Waals surface area contributed by atoms with Gasteiger partial charge in [0.05, 0.1) is 6.61 Å².